The van der Waals surface area contributed by atoms with E-state index in [1.807, 2.05) is 36.8 Å². The van der Waals surface area contributed by atoms with Crippen LogP contribution in [0, 0.1) is 5.92 Å². The molecule has 0 radical (unpaired) electrons. The fraction of sp³-hybridized carbons (Fsp3) is 0.591. The molecule has 0 aliphatic heterocycles. The van der Waals surface area contributed by atoms with E-state index in [1.165, 1.54) is 11.4 Å². The largest absolute Gasteiger partial charge is 0.373 e. The fourth-order valence-electron chi connectivity index (χ4n) is 4.23. The number of hydrogen-bond acceptors (Lipinski definition) is 5. The van der Waals surface area contributed by atoms with Crippen molar-refractivity contribution in [1.29, 1.82) is 0 Å². The number of aromatic nitrogens is 3. The highest BCUT2D eigenvalue weighted by Gasteiger charge is 2.26. The van der Waals surface area contributed by atoms with Crippen LogP contribution in [0.3, 0.4) is 0 Å². The van der Waals surface area contributed by atoms with E-state index in [1.54, 1.807) is 12.3 Å². The van der Waals surface area contributed by atoms with E-state index in [9.17, 15) is 4.79 Å². The first kappa shape index (κ1) is 21.3. The molecule has 1 aliphatic rings. The zero-order chi connectivity index (χ0) is 21.0. The smallest absolute Gasteiger partial charge is 0.253 e. The first-order chi connectivity index (χ1) is 13.9. The molecular weight excluding hydrogens is 364 g/mol. The van der Waals surface area contributed by atoms with Gasteiger partial charge in [0.25, 0.3) is 5.91 Å². The number of nitrogens with zero attached hydrogens (tertiary/aromatic N) is 5. The Morgan fingerprint density at radius 3 is 2.59 bits per heavy atom. The molecule has 0 bridgehead atoms. The molecule has 7 nitrogen and oxygen atoms in total. The Hall–Kier alpha value is -2.41. The third-order valence-corrected chi connectivity index (χ3v) is 5.88. The Bertz CT molecular complexity index is 822. The molecule has 3 rings (SSSR count). The van der Waals surface area contributed by atoms with E-state index in [0.29, 0.717) is 23.2 Å². The summed E-state index contributed by atoms with van der Waals surface area (Å²) in [5.41, 5.74) is 3.17. The summed E-state index contributed by atoms with van der Waals surface area (Å²) in [5, 5.41) is 7.76. The van der Waals surface area contributed by atoms with Crippen molar-refractivity contribution in [2.24, 2.45) is 13.0 Å². The molecule has 0 spiro atoms. The fourth-order valence-corrected chi connectivity index (χ4v) is 4.23. The van der Waals surface area contributed by atoms with Crippen LogP contribution in [0.25, 0.3) is 0 Å². The number of carbonyl (C=O) groups is 1. The molecule has 2 aromatic rings. The first-order valence-corrected chi connectivity index (χ1v) is 10.4. The van der Waals surface area contributed by atoms with Crippen LogP contribution in [0.1, 0.15) is 53.3 Å². The van der Waals surface area contributed by atoms with Gasteiger partial charge in [0.2, 0.25) is 0 Å². The van der Waals surface area contributed by atoms with Gasteiger partial charge in [-0.2, -0.15) is 5.10 Å². The summed E-state index contributed by atoms with van der Waals surface area (Å²) in [5.74, 6) is 1.86. The van der Waals surface area contributed by atoms with Gasteiger partial charge in [-0.1, -0.05) is 0 Å². The average Bonchev–Trinajstić information content (AvgIpc) is 3.07. The van der Waals surface area contributed by atoms with Gasteiger partial charge in [-0.15, -0.1) is 0 Å². The maximum absolute atomic E-state index is 12.8. The quantitative estimate of drug-likeness (QED) is 0.777. The van der Waals surface area contributed by atoms with Gasteiger partial charge in [0.15, 0.2) is 0 Å². The Kier molecular flexibility index (Phi) is 6.90. The van der Waals surface area contributed by atoms with E-state index in [0.717, 1.165) is 38.8 Å². The van der Waals surface area contributed by atoms with Crippen molar-refractivity contribution < 1.29 is 4.79 Å². The zero-order valence-corrected chi connectivity index (χ0v) is 18.4. The third kappa shape index (κ3) is 5.35. The maximum atomic E-state index is 12.8. The summed E-state index contributed by atoms with van der Waals surface area (Å²) >= 11 is 0. The van der Waals surface area contributed by atoms with Crippen molar-refractivity contribution in [3.63, 3.8) is 0 Å². The van der Waals surface area contributed by atoms with Crippen LogP contribution in [-0.2, 0) is 13.6 Å². The lowest BCUT2D eigenvalue weighted by Gasteiger charge is -2.30. The zero-order valence-electron chi connectivity index (χ0n) is 18.4. The lowest BCUT2D eigenvalue weighted by molar-refractivity contribution is 0.0758. The van der Waals surface area contributed by atoms with E-state index in [-0.39, 0.29) is 5.91 Å². The van der Waals surface area contributed by atoms with Gasteiger partial charge in [0.1, 0.15) is 5.82 Å². The summed E-state index contributed by atoms with van der Waals surface area (Å²) in [7, 11) is 9.92. The van der Waals surface area contributed by atoms with Crippen LogP contribution >= 0.6 is 0 Å². The molecular formula is C22H34N6O. The lowest BCUT2D eigenvalue weighted by Crippen LogP contribution is -2.33. The highest BCUT2D eigenvalue weighted by molar-refractivity contribution is 5.94. The van der Waals surface area contributed by atoms with Crippen LogP contribution in [0.5, 0.6) is 0 Å². The highest BCUT2D eigenvalue weighted by atomic mass is 16.2. The molecule has 2 heterocycles. The van der Waals surface area contributed by atoms with Crippen molar-refractivity contribution in [3.8, 4) is 0 Å². The predicted octanol–water partition coefficient (Wildman–Crippen LogP) is 2.96. The van der Waals surface area contributed by atoms with Gasteiger partial charge in [-0.25, -0.2) is 4.98 Å². The van der Waals surface area contributed by atoms with E-state index >= 15 is 0 Å². The molecule has 1 aliphatic carbocycles. The molecule has 0 saturated heterocycles. The Labute approximate surface area is 174 Å². The molecule has 1 fully saturated rings. The SMILES string of the molecule is CNc1cc(C(=O)N(C)CC2CCC(c3cc(CN(C)C)n(C)n3)CC2)ccn1. The molecule has 7 heteroatoms. The molecule has 158 valence electrons. The third-order valence-electron chi connectivity index (χ3n) is 5.88. The topological polar surface area (TPSA) is 66.3 Å². The second-order valence-corrected chi connectivity index (χ2v) is 8.51. The van der Waals surface area contributed by atoms with Gasteiger partial charge in [-0.3, -0.25) is 9.48 Å². The Morgan fingerprint density at radius 2 is 1.93 bits per heavy atom. The summed E-state index contributed by atoms with van der Waals surface area (Å²) in [6, 6.07) is 5.86. The molecule has 0 aromatic carbocycles. The van der Waals surface area contributed by atoms with Gasteiger partial charge in [0, 0.05) is 51.9 Å². The van der Waals surface area contributed by atoms with Crippen molar-refractivity contribution in [1.82, 2.24) is 24.6 Å². The van der Waals surface area contributed by atoms with Crippen molar-refractivity contribution >= 4 is 11.7 Å². The molecule has 1 saturated carbocycles. The van der Waals surface area contributed by atoms with Crippen LogP contribution in [0.4, 0.5) is 5.82 Å². The standard InChI is InChI=1S/C22H34N6O/c1-23-21-12-18(10-11-24-21)22(29)27(4)14-16-6-8-17(9-7-16)20-13-19(15-26(2)3)28(5)25-20/h10-13,16-17H,6-9,14-15H2,1-5H3,(H,23,24). The molecule has 1 N–H and O–H groups in total. The first-order valence-electron chi connectivity index (χ1n) is 10.4. The lowest BCUT2D eigenvalue weighted by atomic mass is 9.80. The molecule has 1 amide bonds. The summed E-state index contributed by atoms with van der Waals surface area (Å²) < 4.78 is 2.02. The number of hydrogen-bond donors (Lipinski definition) is 1. The minimum atomic E-state index is 0.0593. The van der Waals surface area contributed by atoms with Crippen LogP contribution in [0.15, 0.2) is 24.4 Å². The summed E-state index contributed by atoms with van der Waals surface area (Å²) in [4.78, 5) is 21.0. The second kappa shape index (κ2) is 9.39. The number of pyridine rings is 1. The summed E-state index contributed by atoms with van der Waals surface area (Å²) in [6.45, 7) is 1.72. The number of nitrogens with one attached hydrogen (secondary N) is 1. The molecule has 0 atom stereocenters. The van der Waals surface area contributed by atoms with E-state index in [2.05, 4.69) is 35.4 Å². The van der Waals surface area contributed by atoms with Crippen molar-refractivity contribution in [2.75, 3.05) is 40.1 Å². The second-order valence-electron chi connectivity index (χ2n) is 8.51. The van der Waals surface area contributed by atoms with Crippen molar-refractivity contribution in [2.45, 2.75) is 38.1 Å². The Balaban J connectivity index is 1.53. The number of amides is 1. The number of carbonyl (C=O) groups excluding carboxylic acids is 1. The van der Waals surface area contributed by atoms with Crippen LogP contribution < -0.4 is 5.32 Å². The average molecular weight is 399 g/mol. The van der Waals surface area contributed by atoms with Crippen LogP contribution in [0.2, 0.25) is 0 Å². The minimum absolute atomic E-state index is 0.0593. The highest BCUT2D eigenvalue weighted by Crippen LogP contribution is 2.35. The normalized spacial score (nSPS) is 19.4. The maximum Gasteiger partial charge on any atom is 0.253 e. The molecule has 0 unspecified atom stereocenters. The van der Waals surface area contributed by atoms with Crippen LogP contribution in [-0.4, -0.2) is 65.2 Å². The van der Waals surface area contributed by atoms with E-state index in [4.69, 9.17) is 5.10 Å². The number of rotatable bonds is 7. The summed E-state index contributed by atoms with van der Waals surface area (Å²) in [6.07, 6.45) is 6.24. The van der Waals surface area contributed by atoms with Gasteiger partial charge in [-0.05, 0) is 63.9 Å². The molecule has 29 heavy (non-hydrogen) atoms. The van der Waals surface area contributed by atoms with Crippen molar-refractivity contribution in [3.05, 3.63) is 41.3 Å². The predicted molar refractivity (Wildman–Crippen MR) is 116 cm³/mol. The molecule has 2 aromatic heterocycles. The van der Waals surface area contributed by atoms with Gasteiger partial charge in [0.05, 0.1) is 11.4 Å². The van der Waals surface area contributed by atoms with Gasteiger partial charge < -0.3 is 15.1 Å². The number of aryl methyl sites for hydroxylation is 1. The monoisotopic (exact) mass is 398 g/mol. The minimum Gasteiger partial charge on any atom is -0.373 e. The Morgan fingerprint density at radius 1 is 1.21 bits per heavy atom. The van der Waals surface area contributed by atoms with E-state index < -0.39 is 0 Å². The number of anilines is 1. The van der Waals surface area contributed by atoms with Gasteiger partial charge >= 0.3 is 0 Å².